The summed E-state index contributed by atoms with van der Waals surface area (Å²) in [7, 11) is 1.57. The highest BCUT2D eigenvalue weighted by molar-refractivity contribution is 6.08. The van der Waals surface area contributed by atoms with Crippen LogP contribution in [0.15, 0.2) is 79.0 Å². The van der Waals surface area contributed by atoms with Gasteiger partial charge in [0, 0.05) is 23.0 Å². The number of amides is 3. The van der Waals surface area contributed by atoms with Gasteiger partial charge in [-0.05, 0) is 49.4 Å². The van der Waals surface area contributed by atoms with Crippen molar-refractivity contribution in [1.29, 1.82) is 0 Å². The molecule has 0 atom stereocenters. The monoisotopic (exact) mass is 483 g/mol. The van der Waals surface area contributed by atoms with Crippen LogP contribution in [0.4, 0.5) is 5.69 Å². The van der Waals surface area contributed by atoms with Crippen molar-refractivity contribution in [1.82, 2.24) is 15.1 Å². The van der Waals surface area contributed by atoms with Gasteiger partial charge in [0.15, 0.2) is 0 Å². The van der Waals surface area contributed by atoms with Crippen LogP contribution in [-0.2, 0) is 4.79 Å². The van der Waals surface area contributed by atoms with Gasteiger partial charge in [0.1, 0.15) is 11.4 Å². The third kappa shape index (κ3) is 5.58. The Kier molecular flexibility index (Phi) is 7.10. The quantitative estimate of drug-likeness (QED) is 0.354. The highest BCUT2D eigenvalue weighted by Gasteiger charge is 2.20. The summed E-state index contributed by atoms with van der Waals surface area (Å²) < 4.78 is 6.99. The van der Waals surface area contributed by atoms with Crippen LogP contribution in [0, 0.1) is 6.92 Å². The summed E-state index contributed by atoms with van der Waals surface area (Å²) in [5.74, 6) is -0.892. The fraction of sp³-hybridized carbons (Fsp3) is 0.111. The van der Waals surface area contributed by atoms with E-state index in [0.717, 1.165) is 11.3 Å². The van der Waals surface area contributed by atoms with E-state index >= 15 is 0 Å². The zero-order chi connectivity index (χ0) is 25.7. The molecule has 4 N–H and O–H groups in total. The number of methoxy groups -OCH3 is 1. The molecule has 4 aromatic rings. The smallest absolute Gasteiger partial charge is 0.259 e. The number of carbonyl (C=O) groups excluding carboxylic acids is 3. The number of ether oxygens (including phenoxy) is 1. The molecule has 0 fully saturated rings. The lowest BCUT2D eigenvalue weighted by Gasteiger charge is -2.08. The fourth-order valence-electron chi connectivity index (χ4n) is 3.56. The maximum atomic E-state index is 13.4. The number of primary amides is 1. The van der Waals surface area contributed by atoms with Gasteiger partial charge in [0.05, 0.1) is 24.9 Å². The van der Waals surface area contributed by atoms with Gasteiger partial charge in [-0.25, -0.2) is 4.68 Å². The molecule has 0 aliphatic rings. The summed E-state index contributed by atoms with van der Waals surface area (Å²) in [5, 5.41) is 9.96. The third-order valence-corrected chi connectivity index (χ3v) is 5.41. The van der Waals surface area contributed by atoms with Gasteiger partial charge in [-0.3, -0.25) is 14.4 Å². The summed E-state index contributed by atoms with van der Waals surface area (Å²) in [5.41, 5.74) is 9.21. The average Bonchev–Trinajstić information content (AvgIpc) is 3.33. The van der Waals surface area contributed by atoms with Gasteiger partial charge in [-0.15, -0.1) is 0 Å². The van der Waals surface area contributed by atoms with E-state index in [0.29, 0.717) is 28.3 Å². The van der Waals surface area contributed by atoms with E-state index in [2.05, 4.69) is 10.6 Å². The molecular weight excluding hydrogens is 458 g/mol. The Morgan fingerprint density at radius 3 is 2.44 bits per heavy atom. The average molecular weight is 484 g/mol. The lowest BCUT2D eigenvalue weighted by molar-refractivity contribution is -0.117. The first kappa shape index (κ1) is 24.2. The Bertz CT molecular complexity index is 1430. The molecule has 9 heteroatoms. The summed E-state index contributed by atoms with van der Waals surface area (Å²) >= 11 is 0. The molecule has 182 valence electrons. The number of benzene rings is 3. The van der Waals surface area contributed by atoms with Crippen molar-refractivity contribution in [2.75, 3.05) is 19.0 Å². The Hall–Kier alpha value is -4.92. The molecule has 0 spiro atoms. The standard InChI is InChI=1S/C27H25N5O4/c1-17-9-11-21(12-10-17)32-16-23(25(31-32)18-5-4-8-22(14-18)36-2)27(35)30-20-7-3-6-19(13-20)26(34)29-15-24(28)33/h3-14,16H,15H2,1-2H3,(H2,28,33)(H,29,34)(H,30,35). The Labute approximate surface area is 207 Å². The van der Waals surface area contributed by atoms with E-state index in [-0.39, 0.29) is 12.1 Å². The number of aromatic nitrogens is 2. The molecule has 1 heterocycles. The van der Waals surface area contributed by atoms with E-state index < -0.39 is 17.7 Å². The molecule has 4 rings (SSSR count). The first-order valence-corrected chi connectivity index (χ1v) is 11.1. The molecule has 3 aromatic carbocycles. The lowest BCUT2D eigenvalue weighted by Crippen LogP contribution is -2.33. The molecule has 0 aliphatic carbocycles. The minimum absolute atomic E-state index is 0.275. The van der Waals surface area contributed by atoms with Crippen LogP contribution >= 0.6 is 0 Å². The van der Waals surface area contributed by atoms with Crippen molar-refractivity contribution in [3.05, 3.63) is 95.7 Å². The van der Waals surface area contributed by atoms with Crippen LogP contribution in [0.5, 0.6) is 5.75 Å². The molecule has 0 unspecified atom stereocenters. The number of anilines is 1. The predicted octanol–water partition coefficient (Wildman–Crippen LogP) is 3.32. The minimum Gasteiger partial charge on any atom is -0.497 e. The molecular formula is C27H25N5O4. The van der Waals surface area contributed by atoms with Crippen molar-refractivity contribution in [2.24, 2.45) is 5.73 Å². The molecule has 3 amide bonds. The second-order valence-electron chi connectivity index (χ2n) is 8.09. The number of nitrogens with one attached hydrogen (secondary N) is 2. The second kappa shape index (κ2) is 10.6. The minimum atomic E-state index is -0.650. The van der Waals surface area contributed by atoms with E-state index in [1.165, 1.54) is 6.07 Å². The molecule has 1 aromatic heterocycles. The number of aryl methyl sites for hydroxylation is 1. The topological polar surface area (TPSA) is 128 Å². The second-order valence-corrected chi connectivity index (χ2v) is 8.09. The SMILES string of the molecule is COc1cccc(-c2nn(-c3ccc(C)cc3)cc2C(=O)Nc2cccc(C(=O)NCC(N)=O)c2)c1. The zero-order valence-electron chi connectivity index (χ0n) is 19.8. The van der Waals surface area contributed by atoms with Crippen molar-refractivity contribution in [3.8, 4) is 22.7 Å². The van der Waals surface area contributed by atoms with Crippen LogP contribution in [0.3, 0.4) is 0 Å². The summed E-state index contributed by atoms with van der Waals surface area (Å²) in [6.07, 6.45) is 1.66. The van der Waals surface area contributed by atoms with Gasteiger partial charge in [0.25, 0.3) is 11.8 Å². The Balaban J connectivity index is 1.67. The number of nitrogens with two attached hydrogens (primary N) is 1. The Morgan fingerprint density at radius 1 is 0.972 bits per heavy atom. The van der Waals surface area contributed by atoms with Gasteiger partial charge in [-0.2, -0.15) is 5.10 Å². The number of rotatable bonds is 8. The van der Waals surface area contributed by atoms with Crippen molar-refractivity contribution < 1.29 is 19.1 Å². The molecule has 0 bridgehead atoms. The fourth-order valence-corrected chi connectivity index (χ4v) is 3.56. The van der Waals surface area contributed by atoms with Gasteiger partial charge >= 0.3 is 0 Å². The third-order valence-electron chi connectivity index (χ3n) is 5.41. The highest BCUT2D eigenvalue weighted by atomic mass is 16.5. The highest BCUT2D eigenvalue weighted by Crippen LogP contribution is 2.28. The van der Waals surface area contributed by atoms with Crippen LogP contribution in [0.25, 0.3) is 16.9 Å². The number of hydrogen-bond donors (Lipinski definition) is 3. The van der Waals surface area contributed by atoms with Crippen molar-refractivity contribution in [2.45, 2.75) is 6.92 Å². The molecule has 0 radical (unpaired) electrons. The maximum absolute atomic E-state index is 13.4. The van der Waals surface area contributed by atoms with Crippen LogP contribution < -0.4 is 21.1 Å². The number of carbonyl (C=O) groups is 3. The summed E-state index contributed by atoms with van der Waals surface area (Å²) in [6.45, 7) is 1.72. The van der Waals surface area contributed by atoms with Gasteiger partial charge < -0.3 is 21.1 Å². The molecule has 0 aliphatic heterocycles. The largest absolute Gasteiger partial charge is 0.497 e. The van der Waals surface area contributed by atoms with Crippen molar-refractivity contribution >= 4 is 23.4 Å². The maximum Gasteiger partial charge on any atom is 0.259 e. The van der Waals surface area contributed by atoms with E-state index in [1.54, 1.807) is 36.2 Å². The first-order chi connectivity index (χ1) is 17.3. The molecule has 0 saturated heterocycles. The van der Waals surface area contributed by atoms with Crippen LogP contribution in [-0.4, -0.2) is 41.2 Å². The van der Waals surface area contributed by atoms with E-state index in [9.17, 15) is 14.4 Å². The number of hydrogen-bond acceptors (Lipinski definition) is 5. The van der Waals surface area contributed by atoms with Crippen LogP contribution in [0.2, 0.25) is 0 Å². The predicted molar refractivity (Wildman–Crippen MR) is 136 cm³/mol. The van der Waals surface area contributed by atoms with Gasteiger partial charge in [-0.1, -0.05) is 35.9 Å². The zero-order valence-corrected chi connectivity index (χ0v) is 19.8. The molecule has 9 nitrogen and oxygen atoms in total. The summed E-state index contributed by atoms with van der Waals surface area (Å²) in [4.78, 5) is 36.6. The molecule has 0 saturated carbocycles. The summed E-state index contributed by atoms with van der Waals surface area (Å²) in [6, 6.07) is 21.5. The van der Waals surface area contributed by atoms with E-state index in [4.69, 9.17) is 15.6 Å². The normalized spacial score (nSPS) is 10.5. The first-order valence-electron chi connectivity index (χ1n) is 11.1. The van der Waals surface area contributed by atoms with Crippen molar-refractivity contribution in [3.63, 3.8) is 0 Å². The van der Waals surface area contributed by atoms with Gasteiger partial charge in [0.2, 0.25) is 5.91 Å². The Morgan fingerprint density at radius 2 is 1.72 bits per heavy atom. The van der Waals surface area contributed by atoms with E-state index in [1.807, 2.05) is 55.5 Å². The lowest BCUT2D eigenvalue weighted by atomic mass is 10.1. The van der Waals surface area contributed by atoms with Crippen LogP contribution in [0.1, 0.15) is 26.3 Å². The molecule has 36 heavy (non-hydrogen) atoms. The number of nitrogens with zero attached hydrogens (tertiary/aromatic N) is 2.